The summed E-state index contributed by atoms with van der Waals surface area (Å²) in [5, 5.41) is 49.2. The fourth-order valence-electron chi connectivity index (χ4n) is 2.13. The Hall–Kier alpha value is -1.26. The van der Waals surface area contributed by atoms with Crippen molar-refractivity contribution in [2.45, 2.75) is 49.9 Å². The van der Waals surface area contributed by atoms with Crippen LogP contribution in [-0.4, -0.2) is 74.2 Å². The van der Waals surface area contributed by atoms with Crippen LogP contribution in [-0.2, 0) is 14.3 Å². The summed E-state index contributed by atoms with van der Waals surface area (Å²) in [6.45, 7) is 0.596. The van der Waals surface area contributed by atoms with Gasteiger partial charge in [-0.3, -0.25) is 4.79 Å². The summed E-state index contributed by atoms with van der Waals surface area (Å²) in [6, 6.07) is -0.992. The van der Waals surface area contributed by atoms with Gasteiger partial charge >= 0.3 is 5.97 Å². The van der Waals surface area contributed by atoms with Gasteiger partial charge in [0.05, 0.1) is 31.0 Å². The van der Waals surface area contributed by atoms with Gasteiger partial charge in [0.2, 0.25) is 5.91 Å². The molecule has 0 aliphatic carbocycles. The van der Waals surface area contributed by atoms with Crippen molar-refractivity contribution in [3.63, 3.8) is 0 Å². The average molecular weight is 293 g/mol. The van der Waals surface area contributed by atoms with Crippen LogP contribution in [0.2, 0.25) is 0 Å². The highest BCUT2D eigenvalue weighted by molar-refractivity contribution is 5.76. The zero-order valence-electron chi connectivity index (χ0n) is 10.9. The molecule has 9 nitrogen and oxygen atoms in total. The Balaban J connectivity index is 2.93. The first-order valence-electron chi connectivity index (χ1n) is 6.07. The molecule has 6 N–H and O–H groups in total. The van der Waals surface area contributed by atoms with E-state index in [2.05, 4.69) is 5.32 Å². The Kier molecular flexibility index (Phi) is 5.42. The predicted molar refractivity (Wildman–Crippen MR) is 63.4 cm³/mol. The molecule has 1 aliphatic heterocycles. The number of aliphatic carboxylic acids is 1. The highest BCUT2D eigenvalue weighted by atomic mass is 16.7. The molecule has 0 saturated carbocycles. The third kappa shape index (κ3) is 3.87. The van der Waals surface area contributed by atoms with Crippen LogP contribution in [0.25, 0.3) is 0 Å². The van der Waals surface area contributed by atoms with Gasteiger partial charge in [0.25, 0.3) is 5.79 Å². The van der Waals surface area contributed by atoms with E-state index in [-0.39, 0.29) is 6.42 Å². The van der Waals surface area contributed by atoms with E-state index in [1.165, 1.54) is 6.92 Å². The predicted octanol–water partition coefficient (Wildman–Crippen LogP) is -2.84. The molecule has 1 amide bonds. The molecule has 4 unspecified atom stereocenters. The molecule has 1 heterocycles. The number of nitrogens with one attached hydrogen (secondary N) is 1. The zero-order chi connectivity index (χ0) is 15.5. The molecular weight excluding hydrogens is 274 g/mol. The second-order valence-electron chi connectivity index (χ2n) is 4.82. The third-order valence-corrected chi connectivity index (χ3v) is 3.07. The Morgan fingerprint density at radius 1 is 1.50 bits per heavy atom. The van der Waals surface area contributed by atoms with Crippen LogP contribution in [0.1, 0.15) is 19.8 Å². The van der Waals surface area contributed by atoms with Crippen molar-refractivity contribution in [3.05, 3.63) is 0 Å². The van der Waals surface area contributed by atoms with Gasteiger partial charge < -0.3 is 35.6 Å². The van der Waals surface area contributed by atoms with Crippen molar-refractivity contribution < 1.29 is 39.9 Å². The normalized spacial score (nSPS) is 35.4. The molecule has 5 atom stereocenters. The SMILES string of the molecule is CC(=O)NC1C(O)CC(O)(C(=O)O)OC1C[C@H](O)CO. The topological polar surface area (TPSA) is 157 Å². The molecule has 0 aromatic heterocycles. The fourth-order valence-corrected chi connectivity index (χ4v) is 2.13. The second-order valence-corrected chi connectivity index (χ2v) is 4.82. The summed E-state index contributed by atoms with van der Waals surface area (Å²) in [6.07, 6.45) is -4.65. The smallest absolute Gasteiger partial charge is 0.364 e. The summed E-state index contributed by atoms with van der Waals surface area (Å²) >= 11 is 0. The third-order valence-electron chi connectivity index (χ3n) is 3.07. The number of hydrogen-bond acceptors (Lipinski definition) is 7. The van der Waals surface area contributed by atoms with Crippen LogP contribution in [0.5, 0.6) is 0 Å². The van der Waals surface area contributed by atoms with E-state index in [4.69, 9.17) is 14.9 Å². The van der Waals surface area contributed by atoms with E-state index in [0.717, 1.165) is 0 Å². The number of aliphatic hydroxyl groups is 4. The van der Waals surface area contributed by atoms with Crippen molar-refractivity contribution in [1.82, 2.24) is 5.32 Å². The molecule has 0 radical (unpaired) electrons. The first kappa shape index (κ1) is 16.8. The van der Waals surface area contributed by atoms with Crippen molar-refractivity contribution in [3.8, 4) is 0 Å². The van der Waals surface area contributed by atoms with Crippen LogP contribution in [0, 0.1) is 0 Å². The van der Waals surface area contributed by atoms with Gasteiger partial charge in [-0.1, -0.05) is 0 Å². The lowest BCUT2D eigenvalue weighted by Gasteiger charge is -2.42. The largest absolute Gasteiger partial charge is 0.477 e. The lowest BCUT2D eigenvalue weighted by atomic mass is 9.90. The molecular formula is C11H19NO8. The highest BCUT2D eigenvalue weighted by Gasteiger charge is 2.51. The summed E-state index contributed by atoms with van der Waals surface area (Å²) in [4.78, 5) is 22.1. The molecule has 0 aromatic carbocycles. The van der Waals surface area contributed by atoms with Crippen molar-refractivity contribution in [1.29, 1.82) is 0 Å². The number of hydrogen-bond donors (Lipinski definition) is 6. The van der Waals surface area contributed by atoms with Crippen molar-refractivity contribution >= 4 is 11.9 Å². The summed E-state index contributed by atoms with van der Waals surface area (Å²) in [7, 11) is 0. The van der Waals surface area contributed by atoms with Gasteiger partial charge in [-0.05, 0) is 0 Å². The molecule has 0 aromatic rings. The fraction of sp³-hybridized carbons (Fsp3) is 0.818. The van der Waals surface area contributed by atoms with Crippen LogP contribution in [0.15, 0.2) is 0 Å². The quantitative estimate of drug-likeness (QED) is 0.316. The Morgan fingerprint density at radius 3 is 2.55 bits per heavy atom. The van der Waals surface area contributed by atoms with Crippen LogP contribution in [0.3, 0.4) is 0 Å². The molecule has 0 spiro atoms. The molecule has 1 fully saturated rings. The molecule has 0 bridgehead atoms. The molecule has 1 aliphatic rings. The Morgan fingerprint density at radius 2 is 2.10 bits per heavy atom. The van der Waals surface area contributed by atoms with Gasteiger partial charge in [-0.15, -0.1) is 0 Å². The highest BCUT2D eigenvalue weighted by Crippen LogP contribution is 2.30. The number of carbonyl (C=O) groups is 2. The number of rotatable bonds is 5. The molecule has 1 rings (SSSR count). The van der Waals surface area contributed by atoms with E-state index < -0.39 is 55.0 Å². The summed E-state index contributed by atoms with van der Waals surface area (Å²) in [5.41, 5.74) is 0. The van der Waals surface area contributed by atoms with Crippen molar-refractivity contribution in [2.24, 2.45) is 0 Å². The first-order valence-corrected chi connectivity index (χ1v) is 6.07. The van der Waals surface area contributed by atoms with Gasteiger partial charge in [0, 0.05) is 19.8 Å². The van der Waals surface area contributed by atoms with Crippen molar-refractivity contribution in [2.75, 3.05) is 6.61 Å². The van der Waals surface area contributed by atoms with Crippen LogP contribution in [0.4, 0.5) is 0 Å². The maximum Gasteiger partial charge on any atom is 0.364 e. The van der Waals surface area contributed by atoms with E-state index in [1.54, 1.807) is 0 Å². The number of carboxylic acid groups (broad SMARTS) is 1. The number of carboxylic acids is 1. The van der Waals surface area contributed by atoms with Crippen LogP contribution >= 0.6 is 0 Å². The lowest BCUT2D eigenvalue weighted by molar-refractivity contribution is -0.280. The van der Waals surface area contributed by atoms with E-state index in [0.29, 0.717) is 0 Å². The molecule has 20 heavy (non-hydrogen) atoms. The Labute approximate surface area is 114 Å². The number of carbonyl (C=O) groups excluding carboxylic acids is 1. The number of ether oxygens (including phenoxy) is 1. The maximum atomic E-state index is 11.1. The lowest BCUT2D eigenvalue weighted by Crippen LogP contribution is -2.63. The summed E-state index contributed by atoms with van der Waals surface area (Å²) < 4.78 is 5.00. The van der Waals surface area contributed by atoms with Gasteiger partial charge in [0.1, 0.15) is 0 Å². The monoisotopic (exact) mass is 293 g/mol. The minimum absolute atomic E-state index is 0.256. The minimum atomic E-state index is -2.60. The maximum absolute atomic E-state index is 11.1. The Bertz CT molecular complexity index is 375. The van der Waals surface area contributed by atoms with E-state index in [1.807, 2.05) is 0 Å². The average Bonchev–Trinajstić information content (AvgIpc) is 2.33. The number of aliphatic hydroxyl groups excluding tert-OH is 3. The molecule has 1 saturated heterocycles. The second kappa shape index (κ2) is 6.46. The van der Waals surface area contributed by atoms with Gasteiger partial charge in [-0.25, -0.2) is 4.79 Å². The minimum Gasteiger partial charge on any atom is -0.477 e. The molecule has 116 valence electrons. The first-order chi connectivity index (χ1) is 9.19. The van der Waals surface area contributed by atoms with Gasteiger partial charge in [0.15, 0.2) is 0 Å². The standard InChI is InChI=1S/C11H19NO8/c1-5(14)12-9-7(16)3-11(19,10(17)18)20-8(9)2-6(15)4-13/h6-9,13,15-16,19H,2-4H2,1H3,(H,12,14)(H,17,18)/t6-,7?,8?,9?,11?/m0/s1. The van der Waals surface area contributed by atoms with Gasteiger partial charge in [-0.2, -0.15) is 0 Å². The van der Waals surface area contributed by atoms with Crippen LogP contribution < -0.4 is 5.32 Å². The summed E-state index contributed by atoms with van der Waals surface area (Å²) in [5.74, 6) is -4.77. The van der Waals surface area contributed by atoms with E-state index in [9.17, 15) is 24.9 Å². The zero-order valence-corrected chi connectivity index (χ0v) is 10.9. The van der Waals surface area contributed by atoms with E-state index >= 15 is 0 Å². The molecule has 9 heteroatoms. The number of amides is 1.